The predicted molar refractivity (Wildman–Crippen MR) is 427 cm³/mol. The molecule has 0 saturated carbocycles. The third kappa shape index (κ3) is 76.2. The first-order chi connectivity index (χ1) is 50.7. The summed E-state index contributed by atoms with van der Waals surface area (Å²) in [6.45, 7) is 4.71. The van der Waals surface area contributed by atoms with E-state index in [9.17, 15) is 43.2 Å². The maximum absolute atomic E-state index is 13.1. The Morgan fingerprint density at radius 2 is 0.519 bits per heavy atom. The zero-order valence-electron chi connectivity index (χ0n) is 65.9. The quantitative estimate of drug-likeness (QED) is 0.0169. The van der Waals surface area contributed by atoms with E-state index < -0.39 is 97.5 Å². The van der Waals surface area contributed by atoms with Gasteiger partial charge in [-0.15, -0.1) is 0 Å². The zero-order chi connectivity index (χ0) is 76.0. The lowest BCUT2D eigenvalue weighted by Crippen LogP contribution is -2.30. The Kier molecular flexibility index (Phi) is 74.2. The average molecular weight is 1510 g/mol. The second-order valence-electron chi connectivity index (χ2n) is 27.7. The highest BCUT2D eigenvalue weighted by atomic mass is 31.2. The van der Waals surface area contributed by atoms with Gasteiger partial charge in [-0.2, -0.15) is 0 Å². The summed E-state index contributed by atoms with van der Waals surface area (Å²) < 4.78 is 68.6. The van der Waals surface area contributed by atoms with Crippen molar-refractivity contribution in [2.75, 3.05) is 39.6 Å². The third-order valence-electron chi connectivity index (χ3n) is 17.5. The Morgan fingerprint density at radius 1 is 0.279 bits per heavy atom. The maximum atomic E-state index is 13.1. The van der Waals surface area contributed by atoms with Crippen LogP contribution in [0.3, 0.4) is 0 Å². The second kappa shape index (κ2) is 77.1. The molecule has 0 aromatic rings. The largest absolute Gasteiger partial charge is 0.472 e. The lowest BCUT2D eigenvalue weighted by Gasteiger charge is -2.21. The number of aliphatic hydroxyl groups excluding tert-OH is 1. The maximum Gasteiger partial charge on any atom is 0.472 e. The van der Waals surface area contributed by atoms with Crippen molar-refractivity contribution in [2.45, 2.75) is 380 Å². The molecule has 0 rings (SSSR count). The molecule has 0 heterocycles. The van der Waals surface area contributed by atoms with Crippen LogP contribution in [0, 0.1) is 0 Å². The van der Waals surface area contributed by atoms with Gasteiger partial charge in [-0.25, -0.2) is 9.13 Å². The van der Waals surface area contributed by atoms with Crippen molar-refractivity contribution in [3.63, 3.8) is 0 Å². The van der Waals surface area contributed by atoms with Crippen molar-refractivity contribution < 1.29 is 80.2 Å². The molecule has 2 unspecified atom stereocenters. The molecule has 0 bridgehead atoms. The second-order valence-corrected chi connectivity index (χ2v) is 30.6. The molecule has 5 atom stereocenters. The van der Waals surface area contributed by atoms with Crippen LogP contribution in [0.4, 0.5) is 0 Å². The predicted octanol–water partition coefficient (Wildman–Crippen LogP) is 24.3. The number of allylic oxidation sites excluding steroid dienone is 16. The molecule has 0 radical (unpaired) electrons. The lowest BCUT2D eigenvalue weighted by atomic mass is 10.0. The highest BCUT2D eigenvalue weighted by Gasteiger charge is 2.30. The highest BCUT2D eigenvalue weighted by molar-refractivity contribution is 7.47. The first-order valence-corrected chi connectivity index (χ1v) is 44.5. The molecule has 0 saturated heterocycles. The normalized spacial score (nSPS) is 14.3. The molecule has 0 amide bonds. The molecule has 0 aromatic heterocycles. The average Bonchev–Trinajstić information content (AvgIpc) is 0.943. The van der Waals surface area contributed by atoms with Gasteiger partial charge >= 0.3 is 39.5 Å². The van der Waals surface area contributed by atoms with Gasteiger partial charge in [0, 0.05) is 25.7 Å². The zero-order valence-corrected chi connectivity index (χ0v) is 67.7. The van der Waals surface area contributed by atoms with Crippen LogP contribution < -0.4 is 0 Å². The molecule has 0 aromatic carbocycles. The van der Waals surface area contributed by atoms with Crippen LogP contribution in [0.2, 0.25) is 0 Å². The molecular weight excluding hydrogens is 1350 g/mol. The van der Waals surface area contributed by atoms with Gasteiger partial charge in [0.2, 0.25) is 0 Å². The van der Waals surface area contributed by atoms with Crippen molar-refractivity contribution in [3.8, 4) is 0 Å². The first kappa shape index (κ1) is 100.0. The minimum absolute atomic E-state index is 0.0313. The monoisotopic (exact) mass is 1510 g/mol. The van der Waals surface area contributed by atoms with Crippen molar-refractivity contribution >= 4 is 39.5 Å². The molecule has 3 N–H and O–H groups in total. The number of hydrogen-bond donors (Lipinski definition) is 3. The molecular formula is C85H150O17P2. The standard InChI is InChI=1S/C85H150O17P2/c1-5-9-13-17-21-25-29-33-37-38-39-40-44-48-52-56-60-64-68-72-85(90)102-81(76-96-83(88)70-66-62-58-54-50-46-42-35-31-27-23-19-15-11-7-3)78-100-104(93,94)98-74-79(86)73-97-103(91,92)99-77-80(101-84(89)71-67-63-59-55-51-47-43-36-32-28-24-20-16-12-8-4)75-95-82(87)69-65-61-57-53-49-45-41-34-30-26-22-18-14-10-6-2/h9,13,21,25,33,35-37,39-40,42-43,48,52,60,64,79-81,86H,5-8,10-12,14-20,22-24,26-32,34,38,41,44-47,49-51,53-59,61-63,65-78H2,1-4H3,(H,91,92)(H,93,94)/b13-9-,25-21-,37-33-,40-39-,42-35-,43-36-,52-48-,64-60-/t79-,80+,81+/m0/s1. The fourth-order valence-electron chi connectivity index (χ4n) is 11.2. The summed E-state index contributed by atoms with van der Waals surface area (Å²) in [6, 6.07) is 0. The summed E-state index contributed by atoms with van der Waals surface area (Å²) in [5.41, 5.74) is 0. The Bertz CT molecular complexity index is 2350. The molecule has 0 aliphatic heterocycles. The first-order valence-electron chi connectivity index (χ1n) is 41.5. The number of carbonyl (C=O) groups excluding carboxylic acids is 4. The Hall–Kier alpha value is -4.02. The molecule has 0 spiro atoms. The summed E-state index contributed by atoms with van der Waals surface area (Å²) in [5.74, 6) is -2.27. The van der Waals surface area contributed by atoms with Crippen molar-refractivity contribution in [3.05, 3.63) is 97.2 Å². The van der Waals surface area contributed by atoms with Gasteiger partial charge in [-0.1, -0.05) is 318 Å². The van der Waals surface area contributed by atoms with Gasteiger partial charge in [0.1, 0.15) is 19.3 Å². The molecule has 104 heavy (non-hydrogen) atoms. The Morgan fingerprint density at radius 3 is 0.827 bits per heavy atom. The van der Waals surface area contributed by atoms with E-state index in [2.05, 4.69) is 107 Å². The van der Waals surface area contributed by atoms with Crippen LogP contribution in [-0.4, -0.2) is 96.7 Å². The van der Waals surface area contributed by atoms with Crippen molar-refractivity contribution in [1.82, 2.24) is 0 Å². The van der Waals surface area contributed by atoms with Crippen LogP contribution in [0.1, 0.15) is 362 Å². The van der Waals surface area contributed by atoms with Crippen LogP contribution in [0.5, 0.6) is 0 Å². The van der Waals surface area contributed by atoms with E-state index in [1.165, 1.54) is 148 Å². The van der Waals surface area contributed by atoms with Crippen molar-refractivity contribution in [1.29, 1.82) is 0 Å². The third-order valence-corrected chi connectivity index (χ3v) is 19.4. The van der Waals surface area contributed by atoms with Gasteiger partial charge in [-0.05, 0) is 116 Å². The van der Waals surface area contributed by atoms with Gasteiger partial charge in [0.05, 0.1) is 26.4 Å². The van der Waals surface area contributed by atoms with Gasteiger partial charge in [0.15, 0.2) is 12.2 Å². The fourth-order valence-corrected chi connectivity index (χ4v) is 12.8. The topological polar surface area (TPSA) is 237 Å². The Labute approximate surface area is 633 Å². The fraction of sp³-hybridized carbons (Fsp3) is 0.765. The number of carbonyl (C=O) groups is 4. The number of phosphoric acid groups is 2. The molecule has 0 fully saturated rings. The van der Waals surface area contributed by atoms with Gasteiger partial charge in [0.25, 0.3) is 0 Å². The minimum Gasteiger partial charge on any atom is -0.462 e. The number of rotatable bonds is 78. The van der Waals surface area contributed by atoms with Crippen LogP contribution >= 0.6 is 15.6 Å². The van der Waals surface area contributed by atoms with Crippen LogP contribution in [0.25, 0.3) is 0 Å². The van der Waals surface area contributed by atoms with E-state index in [-0.39, 0.29) is 25.7 Å². The van der Waals surface area contributed by atoms with E-state index >= 15 is 0 Å². The number of aliphatic hydroxyl groups is 1. The summed E-state index contributed by atoms with van der Waals surface area (Å²) in [4.78, 5) is 73.1. The van der Waals surface area contributed by atoms with E-state index in [0.717, 1.165) is 128 Å². The smallest absolute Gasteiger partial charge is 0.462 e. The highest BCUT2D eigenvalue weighted by Crippen LogP contribution is 2.45. The van der Waals surface area contributed by atoms with Gasteiger partial charge in [-0.3, -0.25) is 37.3 Å². The van der Waals surface area contributed by atoms with Crippen LogP contribution in [0.15, 0.2) is 97.2 Å². The van der Waals surface area contributed by atoms with Crippen LogP contribution in [-0.2, 0) is 65.4 Å². The molecule has 0 aliphatic carbocycles. The van der Waals surface area contributed by atoms with E-state index in [4.69, 9.17) is 37.0 Å². The lowest BCUT2D eigenvalue weighted by molar-refractivity contribution is -0.161. The van der Waals surface area contributed by atoms with Crippen molar-refractivity contribution in [2.24, 2.45) is 0 Å². The summed E-state index contributed by atoms with van der Waals surface area (Å²) >= 11 is 0. The summed E-state index contributed by atoms with van der Waals surface area (Å²) in [6.07, 6.45) is 82.5. The number of ether oxygens (including phenoxy) is 4. The molecule has 19 heteroatoms. The Balaban J connectivity index is 5.42. The number of esters is 4. The summed E-state index contributed by atoms with van der Waals surface area (Å²) in [7, 11) is -9.98. The SMILES string of the molecule is CC/C=C\C/C=C\C/C=C\C/C=C\C/C=C\C/C=C\CCC(=O)O[C@H](COC(=O)CCCCCCC/C=C\CCCCCCCC)COP(=O)(O)OC[C@@H](O)COP(=O)(O)OC[C@@H](COC(=O)CCCCCCCCCCCCCCCCC)OC(=O)CCCCCCC/C=C\CCCCCCCC. The van der Waals surface area contributed by atoms with E-state index in [1.54, 1.807) is 0 Å². The minimum atomic E-state index is -5.00. The van der Waals surface area contributed by atoms with Gasteiger partial charge < -0.3 is 33.8 Å². The number of unbranched alkanes of at least 4 members (excludes halogenated alkanes) is 36. The van der Waals surface area contributed by atoms with E-state index in [1.807, 2.05) is 18.2 Å². The van der Waals surface area contributed by atoms with E-state index in [0.29, 0.717) is 32.1 Å². The molecule has 17 nitrogen and oxygen atoms in total. The summed E-state index contributed by atoms with van der Waals surface area (Å²) in [5, 5.41) is 10.7. The number of phosphoric ester groups is 2. The molecule has 602 valence electrons. The molecule has 0 aliphatic rings. The number of hydrogen-bond acceptors (Lipinski definition) is 15.